The molecule has 5 nitrogen and oxygen atoms in total. The van der Waals surface area contributed by atoms with Gasteiger partial charge < -0.3 is 4.74 Å². The number of nitrogens with zero attached hydrogens (tertiary/aromatic N) is 4. The van der Waals surface area contributed by atoms with E-state index in [0.717, 1.165) is 38.1 Å². The Balaban J connectivity index is 1.64. The molecule has 2 aliphatic rings. The number of ether oxygens (including phenoxy) is 1. The van der Waals surface area contributed by atoms with Crippen molar-refractivity contribution in [3.8, 4) is 0 Å². The van der Waals surface area contributed by atoms with Crippen LogP contribution in [0.25, 0.3) is 0 Å². The maximum absolute atomic E-state index is 14.0. The van der Waals surface area contributed by atoms with Crippen molar-refractivity contribution in [2.45, 2.75) is 44.9 Å². The van der Waals surface area contributed by atoms with Crippen molar-refractivity contribution in [1.82, 2.24) is 19.7 Å². The Morgan fingerprint density at radius 2 is 2.29 bits per heavy atom. The summed E-state index contributed by atoms with van der Waals surface area (Å²) in [5.74, 6) is -0.229. The van der Waals surface area contributed by atoms with Gasteiger partial charge >= 0.3 is 0 Å². The van der Waals surface area contributed by atoms with Gasteiger partial charge in [-0.1, -0.05) is 6.42 Å². The molecule has 0 saturated carbocycles. The van der Waals surface area contributed by atoms with Crippen LogP contribution in [0.2, 0.25) is 0 Å². The lowest BCUT2D eigenvalue weighted by Crippen LogP contribution is -2.34. The fourth-order valence-corrected chi connectivity index (χ4v) is 3.95. The molecule has 6 heteroatoms. The van der Waals surface area contributed by atoms with E-state index in [1.165, 1.54) is 23.9 Å². The average molecular weight is 330 g/mol. The molecule has 1 saturated heterocycles. The molecule has 4 rings (SSSR count). The first-order chi connectivity index (χ1) is 11.7. The van der Waals surface area contributed by atoms with E-state index in [-0.39, 0.29) is 11.9 Å². The number of aryl methyl sites for hydroxylation is 1. The maximum Gasteiger partial charge on any atom is 0.145 e. The summed E-state index contributed by atoms with van der Waals surface area (Å²) in [6.45, 7) is 2.99. The van der Waals surface area contributed by atoms with Gasteiger partial charge in [0.1, 0.15) is 5.82 Å². The van der Waals surface area contributed by atoms with Gasteiger partial charge in [-0.2, -0.15) is 5.10 Å². The summed E-state index contributed by atoms with van der Waals surface area (Å²) in [5.41, 5.74) is 4.37. The normalized spacial score (nSPS) is 21.7. The summed E-state index contributed by atoms with van der Waals surface area (Å²) >= 11 is 0. The summed E-state index contributed by atoms with van der Waals surface area (Å²) in [6, 6.07) is 2.01. The third-order valence-corrected chi connectivity index (χ3v) is 5.19. The van der Waals surface area contributed by atoms with E-state index in [1.54, 1.807) is 12.3 Å². The predicted octanol–water partition coefficient (Wildman–Crippen LogP) is 2.75. The van der Waals surface area contributed by atoms with E-state index in [4.69, 9.17) is 9.84 Å². The Bertz CT molecular complexity index is 730. The number of fused-ring (bicyclic) bond motifs is 1. The van der Waals surface area contributed by atoms with Crippen molar-refractivity contribution < 1.29 is 9.13 Å². The summed E-state index contributed by atoms with van der Waals surface area (Å²) in [4.78, 5) is 6.21. The first kappa shape index (κ1) is 15.7. The van der Waals surface area contributed by atoms with Gasteiger partial charge in [0.25, 0.3) is 0 Å². The molecule has 0 amide bonds. The van der Waals surface area contributed by atoms with E-state index in [1.807, 2.05) is 11.7 Å². The van der Waals surface area contributed by atoms with Gasteiger partial charge in [-0.05, 0) is 25.5 Å². The highest BCUT2D eigenvalue weighted by atomic mass is 19.1. The summed E-state index contributed by atoms with van der Waals surface area (Å²) in [5, 5.41) is 4.82. The lowest BCUT2D eigenvalue weighted by Gasteiger charge is -2.35. The monoisotopic (exact) mass is 330 g/mol. The molecule has 4 heterocycles. The van der Waals surface area contributed by atoms with E-state index in [9.17, 15) is 4.39 Å². The molecule has 0 radical (unpaired) electrons. The minimum absolute atomic E-state index is 0.229. The van der Waals surface area contributed by atoms with Gasteiger partial charge in [0, 0.05) is 43.0 Å². The fourth-order valence-electron chi connectivity index (χ4n) is 3.95. The molecule has 0 aromatic carbocycles. The fraction of sp³-hybridized carbons (Fsp3) is 0.556. The number of rotatable bonds is 3. The minimum atomic E-state index is -0.229. The highest BCUT2D eigenvalue weighted by Crippen LogP contribution is 2.35. The SMILES string of the molecule is Cn1nc(C2CCCCN2Cc2ccncc2F)c2c1CCOC2. The lowest BCUT2D eigenvalue weighted by atomic mass is 9.95. The number of pyridine rings is 1. The van der Waals surface area contributed by atoms with Crippen LogP contribution in [-0.4, -0.2) is 32.8 Å². The van der Waals surface area contributed by atoms with Gasteiger partial charge in [0.05, 0.1) is 31.1 Å². The van der Waals surface area contributed by atoms with Crippen molar-refractivity contribution in [3.05, 3.63) is 46.8 Å². The second-order valence-corrected chi connectivity index (χ2v) is 6.69. The Hall–Kier alpha value is -1.79. The van der Waals surface area contributed by atoms with E-state index >= 15 is 0 Å². The number of aromatic nitrogens is 3. The molecular formula is C18H23FN4O. The van der Waals surface area contributed by atoms with Gasteiger partial charge in [0.2, 0.25) is 0 Å². The molecule has 2 aliphatic heterocycles. The number of halogens is 1. The summed E-state index contributed by atoms with van der Waals surface area (Å²) < 4.78 is 21.7. The van der Waals surface area contributed by atoms with Crippen LogP contribution in [0.4, 0.5) is 4.39 Å². The highest BCUT2D eigenvalue weighted by molar-refractivity contribution is 5.30. The zero-order valence-corrected chi connectivity index (χ0v) is 14.0. The van der Waals surface area contributed by atoms with E-state index in [0.29, 0.717) is 18.7 Å². The Labute approximate surface area is 141 Å². The van der Waals surface area contributed by atoms with Crippen molar-refractivity contribution in [1.29, 1.82) is 0 Å². The van der Waals surface area contributed by atoms with E-state index in [2.05, 4.69) is 9.88 Å². The zero-order chi connectivity index (χ0) is 16.5. The second-order valence-electron chi connectivity index (χ2n) is 6.69. The largest absolute Gasteiger partial charge is 0.376 e. The highest BCUT2D eigenvalue weighted by Gasteiger charge is 2.31. The third kappa shape index (κ3) is 2.84. The maximum atomic E-state index is 14.0. The molecule has 1 atom stereocenters. The first-order valence-electron chi connectivity index (χ1n) is 8.69. The third-order valence-electron chi connectivity index (χ3n) is 5.19. The van der Waals surface area contributed by atoms with Crippen LogP contribution in [0.5, 0.6) is 0 Å². The minimum Gasteiger partial charge on any atom is -0.376 e. The topological polar surface area (TPSA) is 43.2 Å². The molecule has 0 spiro atoms. The number of likely N-dealkylation sites (tertiary alicyclic amines) is 1. The van der Waals surface area contributed by atoms with Crippen LogP contribution in [0.15, 0.2) is 18.5 Å². The summed E-state index contributed by atoms with van der Waals surface area (Å²) in [6.07, 6.45) is 7.28. The molecular weight excluding hydrogens is 307 g/mol. The Morgan fingerprint density at radius 3 is 3.17 bits per heavy atom. The molecule has 2 aromatic rings. The average Bonchev–Trinajstić information content (AvgIpc) is 2.95. The van der Waals surface area contributed by atoms with Crippen LogP contribution in [-0.2, 0) is 31.4 Å². The van der Waals surface area contributed by atoms with Gasteiger partial charge in [-0.15, -0.1) is 0 Å². The quantitative estimate of drug-likeness (QED) is 0.868. The first-order valence-corrected chi connectivity index (χ1v) is 8.69. The van der Waals surface area contributed by atoms with Crippen molar-refractivity contribution in [2.75, 3.05) is 13.2 Å². The van der Waals surface area contributed by atoms with Crippen LogP contribution >= 0.6 is 0 Å². The molecule has 24 heavy (non-hydrogen) atoms. The molecule has 0 aliphatic carbocycles. The number of hydrogen-bond donors (Lipinski definition) is 0. The van der Waals surface area contributed by atoms with Crippen LogP contribution in [0.3, 0.4) is 0 Å². The number of hydrogen-bond acceptors (Lipinski definition) is 4. The van der Waals surface area contributed by atoms with Crippen LogP contribution < -0.4 is 0 Å². The standard InChI is InChI=1S/C18H23FN4O/c1-22-16-6-9-24-12-14(16)18(21-22)17-4-2-3-8-23(17)11-13-5-7-20-10-15(13)19/h5,7,10,17H,2-4,6,8-9,11-12H2,1H3. The zero-order valence-electron chi connectivity index (χ0n) is 14.0. The molecule has 1 fully saturated rings. The Morgan fingerprint density at radius 1 is 1.38 bits per heavy atom. The van der Waals surface area contributed by atoms with Crippen molar-refractivity contribution in [3.63, 3.8) is 0 Å². The summed E-state index contributed by atoms with van der Waals surface area (Å²) in [7, 11) is 2.02. The van der Waals surface area contributed by atoms with Crippen LogP contribution in [0, 0.1) is 5.82 Å². The lowest BCUT2D eigenvalue weighted by molar-refractivity contribution is 0.102. The molecule has 1 unspecified atom stereocenters. The Kier molecular flexibility index (Phi) is 4.33. The predicted molar refractivity (Wildman–Crippen MR) is 87.8 cm³/mol. The van der Waals surface area contributed by atoms with Crippen LogP contribution in [0.1, 0.15) is 47.8 Å². The molecule has 0 N–H and O–H groups in total. The van der Waals surface area contributed by atoms with Gasteiger partial charge in [-0.25, -0.2) is 4.39 Å². The smallest absolute Gasteiger partial charge is 0.145 e. The van der Waals surface area contributed by atoms with Gasteiger partial charge in [0.15, 0.2) is 0 Å². The molecule has 2 aromatic heterocycles. The molecule has 128 valence electrons. The van der Waals surface area contributed by atoms with E-state index < -0.39 is 0 Å². The molecule has 0 bridgehead atoms. The second kappa shape index (κ2) is 6.61. The number of piperidine rings is 1. The van der Waals surface area contributed by atoms with Gasteiger partial charge in [-0.3, -0.25) is 14.6 Å². The van der Waals surface area contributed by atoms with Crippen molar-refractivity contribution >= 4 is 0 Å². The van der Waals surface area contributed by atoms with Crippen molar-refractivity contribution in [2.24, 2.45) is 7.05 Å².